The third kappa shape index (κ3) is 4.62. The Morgan fingerprint density at radius 3 is 2.20 bits per heavy atom. The molecule has 3 nitrogen and oxygen atoms in total. The van der Waals surface area contributed by atoms with E-state index in [-0.39, 0.29) is 11.9 Å². The van der Waals surface area contributed by atoms with Gasteiger partial charge in [0.05, 0.1) is 6.04 Å². The van der Waals surface area contributed by atoms with Crippen LogP contribution < -0.4 is 10.1 Å². The first-order valence-corrected chi connectivity index (χ1v) is 8.81. The first-order chi connectivity index (χ1) is 11.7. The van der Waals surface area contributed by atoms with E-state index in [0.29, 0.717) is 0 Å². The Balaban J connectivity index is 2.08. The summed E-state index contributed by atoms with van der Waals surface area (Å²) >= 11 is 0. The van der Waals surface area contributed by atoms with E-state index in [1.165, 1.54) is 16.7 Å². The molecule has 0 saturated heterocycles. The second-order valence-corrected chi connectivity index (χ2v) is 7.05. The topological polar surface area (TPSA) is 38.3 Å². The molecule has 0 heterocycles. The summed E-state index contributed by atoms with van der Waals surface area (Å²) in [4.78, 5) is 12.6. The molecule has 1 amide bonds. The van der Waals surface area contributed by atoms with E-state index in [9.17, 15) is 4.79 Å². The molecule has 0 unspecified atom stereocenters. The molecule has 2 rings (SSSR count). The number of amides is 1. The quantitative estimate of drug-likeness (QED) is 0.843. The minimum Gasteiger partial charge on any atom is -0.481 e. The van der Waals surface area contributed by atoms with Gasteiger partial charge in [0, 0.05) is 0 Å². The third-order valence-corrected chi connectivity index (χ3v) is 4.72. The highest BCUT2D eigenvalue weighted by atomic mass is 16.5. The number of aryl methyl sites for hydroxylation is 5. The molecule has 0 aliphatic carbocycles. The van der Waals surface area contributed by atoms with Gasteiger partial charge >= 0.3 is 0 Å². The average molecular weight is 339 g/mol. The molecular weight excluding hydrogens is 310 g/mol. The summed E-state index contributed by atoms with van der Waals surface area (Å²) < 4.78 is 5.89. The van der Waals surface area contributed by atoms with Gasteiger partial charge < -0.3 is 10.1 Å². The van der Waals surface area contributed by atoms with E-state index in [4.69, 9.17) is 4.74 Å². The standard InChI is InChI=1S/C22H29NO2/c1-13-8-9-14(2)21(10-13)25-19(7)22(24)23-18(6)20-12-16(4)15(3)11-17(20)5/h8-12,18-19H,1-7H3,(H,23,24)/t18-,19-/m1/s1. The summed E-state index contributed by atoms with van der Waals surface area (Å²) in [5.74, 6) is 0.656. The zero-order valence-electron chi connectivity index (χ0n) is 16.4. The Bertz CT molecular complexity index is 780. The Morgan fingerprint density at radius 1 is 0.880 bits per heavy atom. The summed E-state index contributed by atoms with van der Waals surface area (Å²) in [5.41, 5.74) is 7.00. The Morgan fingerprint density at radius 2 is 1.52 bits per heavy atom. The lowest BCUT2D eigenvalue weighted by Gasteiger charge is -2.22. The van der Waals surface area contributed by atoms with E-state index in [1.807, 2.05) is 39.0 Å². The summed E-state index contributed by atoms with van der Waals surface area (Å²) in [6.45, 7) is 14.1. The molecule has 0 aliphatic heterocycles. The van der Waals surface area contributed by atoms with E-state index in [2.05, 4.69) is 38.2 Å². The van der Waals surface area contributed by atoms with Crippen molar-refractivity contribution in [2.45, 2.75) is 60.6 Å². The third-order valence-electron chi connectivity index (χ3n) is 4.72. The number of carbonyl (C=O) groups excluding carboxylic acids is 1. The van der Waals surface area contributed by atoms with Crippen LogP contribution in [0.2, 0.25) is 0 Å². The maximum absolute atomic E-state index is 12.6. The van der Waals surface area contributed by atoms with Crippen molar-refractivity contribution in [2.24, 2.45) is 0 Å². The first-order valence-electron chi connectivity index (χ1n) is 8.81. The van der Waals surface area contributed by atoms with Crippen LogP contribution in [0, 0.1) is 34.6 Å². The molecule has 0 bridgehead atoms. The smallest absolute Gasteiger partial charge is 0.261 e. The fraction of sp³-hybridized carbons (Fsp3) is 0.409. The van der Waals surface area contributed by atoms with Crippen molar-refractivity contribution in [3.05, 3.63) is 63.7 Å². The zero-order valence-corrected chi connectivity index (χ0v) is 16.4. The van der Waals surface area contributed by atoms with Crippen molar-refractivity contribution in [3.63, 3.8) is 0 Å². The summed E-state index contributed by atoms with van der Waals surface area (Å²) in [5, 5.41) is 3.07. The van der Waals surface area contributed by atoms with Gasteiger partial charge in [-0.2, -0.15) is 0 Å². The molecule has 3 heteroatoms. The van der Waals surface area contributed by atoms with Crippen molar-refractivity contribution < 1.29 is 9.53 Å². The number of carbonyl (C=O) groups is 1. The molecular formula is C22H29NO2. The molecule has 0 radical (unpaired) electrons. The van der Waals surface area contributed by atoms with Gasteiger partial charge in [0.2, 0.25) is 0 Å². The molecule has 0 aliphatic rings. The second kappa shape index (κ2) is 7.73. The van der Waals surface area contributed by atoms with Gasteiger partial charge in [-0.05, 0) is 87.9 Å². The van der Waals surface area contributed by atoms with Crippen molar-refractivity contribution in [2.75, 3.05) is 0 Å². The van der Waals surface area contributed by atoms with Crippen LogP contribution in [0.1, 0.15) is 53.3 Å². The van der Waals surface area contributed by atoms with Gasteiger partial charge in [-0.1, -0.05) is 24.3 Å². The predicted molar refractivity (Wildman–Crippen MR) is 103 cm³/mol. The Hall–Kier alpha value is -2.29. The molecule has 0 fully saturated rings. The molecule has 2 atom stereocenters. The molecule has 25 heavy (non-hydrogen) atoms. The van der Waals surface area contributed by atoms with Crippen molar-refractivity contribution in [1.82, 2.24) is 5.32 Å². The van der Waals surface area contributed by atoms with Crippen LogP contribution in [-0.4, -0.2) is 12.0 Å². The van der Waals surface area contributed by atoms with Gasteiger partial charge in [0.1, 0.15) is 5.75 Å². The van der Waals surface area contributed by atoms with E-state index in [1.54, 1.807) is 6.92 Å². The number of rotatable bonds is 5. The van der Waals surface area contributed by atoms with E-state index in [0.717, 1.165) is 22.4 Å². The minimum absolute atomic E-state index is 0.0588. The SMILES string of the molecule is Cc1ccc(C)c(O[C@H](C)C(=O)N[C@H](C)c2cc(C)c(C)cc2C)c1. The van der Waals surface area contributed by atoms with E-state index < -0.39 is 6.10 Å². The van der Waals surface area contributed by atoms with Gasteiger partial charge in [-0.3, -0.25) is 4.79 Å². The number of benzene rings is 2. The largest absolute Gasteiger partial charge is 0.481 e. The molecule has 2 aromatic carbocycles. The lowest BCUT2D eigenvalue weighted by atomic mass is 9.96. The van der Waals surface area contributed by atoms with Crippen molar-refractivity contribution in [1.29, 1.82) is 0 Å². The number of hydrogen-bond acceptors (Lipinski definition) is 2. The number of nitrogens with one attached hydrogen (secondary N) is 1. The van der Waals surface area contributed by atoms with Gasteiger partial charge in [-0.25, -0.2) is 0 Å². The lowest BCUT2D eigenvalue weighted by Crippen LogP contribution is -2.38. The fourth-order valence-corrected chi connectivity index (χ4v) is 2.94. The molecule has 0 saturated carbocycles. The van der Waals surface area contributed by atoms with Gasteiger partial charge in [0.25, 0.3) is 5.91 Å². The monoisotopic (exact) mass is 339 g/mol. The number of hydrogen-bond donors (Lipinski definition) is 1. The molecule has 0 spiro atoms. The highest BCUT2D eigenvalue weighted by Crippen LogP contribution is 2.23. The molecule has 2 aromatic rings. The normalized spacial score (nSPS) is 13.2. The summed E-state index contributed by atoms with van der Waals surface area (Å²) in [6.07, 6.45) is -0.546. The molecule has 0 aromatic heterocycles. The number of ether oxygens (including phenoxy) is 1. The van der Waals surface area contributed by atoms with Crippen LogP contribution in [0.4, 0.5) is 0 Å². The fourth-order valence-electron chi connectivity index (χ4n) is 2.94. The Labute approximate surface area is 151 Å². The van der Waals surface area contributed by atoms with Crippen LogP contribution in [0.25, 0.3) is 0 Å². The summed E-state index contributed by atoms with van der Waals surface area (Å²) in [6, 6.07) is 10.3. The minimum atomic E-state index is -0.546. The average Bonchev–Trinajstić information content (AvgIpc) is 2.54. The van der Waals surface area contributed by atoms with Crippen LogP contribution >= 0.6 is 0 Å². The van der Waals surface area contributed by atoms with Crippen molar-refractivity contribution in [3.8, 4) is 5.75 Å². The van der Waals surface area contributed by atoms with Gasteiger partial charge in [-0.15, -0.1) is 0 Å². The lowest BCUT2D eigenvalue weighted by molar-refractivity contribution is -0.127. The summed E-state index contributed by atoms with van der Waals surface area (Å²) in [7, 11) is 0. The second-order valence-electron chi connectivity index (χ2n) is 7.05. The van der Waals surface area contributed by atoms with Crippen LogP contribution in [0.5, 0.6) is 5.75 Å². The zero-order chi connectivity index (χ0) is 18.7. The molecule has 134 valence electrons. The highest BCUT2D eigenvalue weighted by molar-refractivity contribution is 5.81. The van der Waals surface area contributed by atoms with Crippen LogP contribution in [0.3, 0.4) is 0 Å². The van der Waals surface area contributed by atoms with E-state index >= 15 is 0 Å². The molecule has 1 N–H and O–H groups in total. The first kappa shape index (κ1) is 19.0. The maximum Gasteiger partial charge on any atom is 0.261 e. The van der Waals surface area contributed by atoms with Crippen LogP contribution in [-0.2, 0) is 4.79 Å². The predicted octanol–water partition coefficient (Wildman–Crippen LogP) is 4.87. The van der Waals surface area contributed by atoms with Crippen LogP contribution in [0.15, 0.2) is 30.3 Å². The maximum atomic E-state index is 12.6. The van der Waals surface area contributed by atoms with Crippen molar-refractivity contribution >= 4 is 5.91 Å². The highest BCUT2D eigenvalue weighted by Gasteiger charge is 2.19. The Kier molecular flexibility index (Phi) is 5.89. The van der Waals surface area contributed by atoms with Gasteiger partial charge in [0.15, 0.2) is 6.10 Å².